The standard InChI is InChI=1S/C18H22ClN3O3S/c1-26(24,25)22(11-7-15-3-2-4-17(19)13-15)12-8-18(23)21-14-16-5-9-20-10-6-16/h2-6,9-10,13H,7-8,11-12,14H2,1H3,(H,21,23). The molecule has 2 rings (SSSR count). The summed E-state index contributed by atoms with van der Waals surface area (Å²) >= 11 is 5.95. The van der Waals surface area contributed by atoms with Crippen LogP contribution in [0, 0.1) is 0 Å². The van der Waals surface area contributed by atoms with Gasteiger partial charge in [0.15, 0.2) is 0 Å². The van der Waals surface area contributed by atoms with Crippen molar-refractivity contribution in [3.63, 3.8) is 0 Å². The minimum atomic E-state index is -3.40. The lowest BCUT2D eigenvalue weighted by atomic mass is 10.1. The van der Waals surface area contributed by atoms with E-state index in [1.54, 1.807) is 18.5 Å². The molecule has 8 heteroatoms. The van der Waals surface area contributed by atoms with Crippen LogP contribution in [0.1, 0.15) is 17.5 Å². The number of carbonyl (C=O) groups is 1. The van der Waals surface area contributed by atoms with Gasteiger partial charge in [-0.25, -0.2) is 12.7 Å². The van der Waals surface area contributed by atoms with Gasteiger partial charge >= 0.3 is 0 Å². The van der Waals surface area contributed by atoms with E-state index in [2.05, 4.69) is 10.3 Å². The Morgan fingerprint density at radius 1 is 1.15 bits per heavy atom. The van der Waals surface area contributed by atoms with Gasteiger partial charge < -0.3 is 5.32 Å². The van der Waals surface area contributed by atoms with Gasteiger partial charge in [0.1, 0.15) is 0 Å². The van der Waals surface area contributed by atoms with Crippen LogP contribution < -0.4 is 5.32 Å². The van der Waals surface area contributed by atoms with E-state index in [1.165, 1.54) is 4.31 Å². The van der Waals surface area contributed by atoms with Gasteiger partial charge in [-0.2, -0.15) is 0 Å². The van der Waals surface area contributed by atoms with Crippen molar-refractivity contribution in [1.82, 2.24) is 14.6 Å². The SMILES string of the molecule is CS(=O)(=O)N(CCC(=O)NCc1ccncc1)CCc1cccc(Cl)c1. The number of carbonyl (C=O) groups excluding carboxylic acids is 1. The second-order valence-electron chi connectivity index (χ2n) is 5.92. The Balaban J connectivity index is 1.84. The van der Waals surface area contributed by atoms with Gasteiger partial charge in [0.2, 0.25) is 15.9 Å². The molecule has 0 aliphatic rings. The lowest BCUT2D eigenvalue weighted by molar-refractivity contribution is -0.121. The molecular weight excluding hydrogens is 374 g/mol. The molecule has 0 radical (unpaired) electrons. The molecule has 1 N–H and O–H groups in total. The van der Waals surface area contributed by atoms with Crippen LogP contribution in [-0.4, -0.2) is 43.0 Å². The molecule has 0 unspecified atom stereocenters. The number of benzene rings is 1. The number of halogens is 1. The number of pyridine rings is 1. The molecule has 1 aromatic carbocycles. The molecule has 2 aromatic rings. The number of sulfonamides is 1. The van der Waals surface area contributed by atoms with Gasteiger partial charge in [-0.1, -0.05) is 23.7 Å². The number of hydrogen-bond donors (Lipinski definition) is 1. The van der Waals surface area contributed by atoms with Crippen LogP contribution in [0.25, 0.3) is 0 Å². The highest BCUT2D eigenvalue weighted by Crippen LogP contribution is 2.12. The minimum absolute atomic E-state index is 0.105. The maximum atomic E-state index is 12.0. The molecule has 0 bridgehead atoms. The Bertz CT molecular complexity index is 829. The van der Waals surface area contributed by atoms with Crippen LogP contribution in [-0.2, 0) is 27.8 Å². The second kappa shape index (κ2) is 9.66. The number of amides is 1. The molecule has 6 nitrogen and oxygen atoms in total. The molecule has 0 atom stereocenters. The maximum absolute atomic E-state index is 12.0. The molecule has 1 aromatic heterocycles. The van der Waals surface area contributed by atoms with E-state index in [0.29, 0.717) is 24.5 Å². The molecule has 0 aliphatic heterocycles. The first-order valence-corrected chi connectivity index (χ1v) is 10.4. The van der Waals surface area contributed by atoms with Crippen LogP contribution >= 0.6 is 11.6 Å². The predicted octanol–water partition coefficient (Wildman–Crippen LogP) is 2.25. The van der Waals surface area contributed by atoms with E-state index in [-0.39, 0.29) is 18.9 Å². The smallest absolute Gasteiger partial charge is 0.221 e. The summed E-state index contributed by atoms with van der Waals surface area (Å²) < 4.78 is 25.3. The number of rotatable bonds is 9. The average Bonchev–Trinajstić information content (AvgIpc) is 2.59. The Morgan fingerprint density at radius 3 is 2.54 bits per heavy atom. The molecule has 1 amide bonds. The van der Waals surface area contributed by atoms with Gasteiger partial charge in [-0.3, -0.25) is 9.78 Å². The Morgan fingerprint density at radius 2 is 1.88 bits per heavy atom. The molecule has 0 aliphatic carbocycles. The molecule has 0 saturated carbocycles. The monoisotopic (exact) mass is 395 g/mol. The van der Waals surface area contributed by atoms with Gasteiger partial charge in [-0.05, 0) is 41.8 Å². The third-order valence-corrected chi connectivity index (χ3v) is 5.37. The molecular formula is C18H22ClN3O3S. The van der Waals surface area contributed by atoms with Crippen LogP contribution in [0.2, 0.25) is 5.02 Å². The Labute approximate surface area is 159 Å². The van der Waals surface area contributed by atoms with Crippen molar-refractivity contribution in [2.45, 2.75) is 19.4 Å². The van der Waals surface area contributed by atoms with Crippen molar-refractivity contribution < 1.29 is 13.2 Å². The zero-order chi connectivity index (χ0) is 19.0. The summed E-state index contributed by atoms with van der Waals surface area (Å²) in [5.41, 5.74) is 1.89. The van der Waals surface area contributed by atoms with Gasteiger partial charge in [0, 0.05) is 43.5 Å². The summed E-state index contributed by atoms with van der Waals surface area (Å²) in [5, 5.41) is 3.40. The molecule has 1 heterocycles. The Hall–Kier alpha value is -1.96. The van der Waals surface area contributed by atoms with Crippen molar-refractivity contribution in [2.75, 3.05) is 19.3 Å². The number of nitrogens with one attached hydrogen (secondary N) is 1. The van der Waals surface area contributed by atoms with E-state index >= 15 is 0 Å². The highest BCUT2D eigenvalue weighted by Gasteiger charge is 2.17. The second-order valence-corrected chi connectivity index (χ2v) is 8.34. The van der Waals surface area contributed by atoms with Gasteiger partial charge in [0.25, 0.3) is 0 Å². The van der Waals surface area contributed by atoms with Crippen LogP contribution in [0.5, 0.6) is 0 Å². The normalized spacial score (nSPS) is 11.5. The van der Waals surface area contributed by atoms with E-state index in [9.17, 15) is 13.2 Å². The van der Waals surface area contributed by atoms with Crippen LogP contribution in [0.15, 0.2) is 48.8 Å². The summed E-state index contributed by atoms with van der Waals surface area (Å²) in [7, 11) is -3.40. The van der Waals surface area contributed by atoms with E-state index in [4.69, 9.17) is 11.6 Å². The zero-order valence-corrected chi connectivity index (χ0v) is 16.1. The van der Waals surface area contributed by atoms with Crippen molar-refractivity contribution in [3.8, 4) is 0 Å². The van der Waals surface area contributed by atoms with Crippen molar-refractivity contribution in [3.05, 3.63) is 64.9 Å². The van der Waals surface area contributed by atoms with Gasteiger partial charge in [-0.15, -0.1) is 0 Å². The van der Waals surface area contributed by atoms with Crippen molar-refractivity contribution >= 4 is 27.5 Å². The molecule has 0 fully saturated rings. The highest BCUT2D eigenvalue weighted by molar-refractivity contribution is 7.88. The number of hydrogen-bond acceptors (Lipinski definition) is 4. The third-order valence-electron chi connectivity index (χ3n) is 3.84. The molecule has 26 heavy (non-hydrogen) atoms. The Kier molecular flexibility index (Phi) is 7.56. The summed E-state index contributed by atoms with van der Waals surface area (Å²) in [6.45, 7) is 0.834. The highest BCUT2D eigenvalue weighted by atomic mass is 35.5. The van der Waals surface area contributed by atoms with Gasteiger partial charge in [0.05, 0.1) is 6.26 Å². The fraction of sp³-hybridized carbons (Fsp3) is 0.333. The molecule has 0 spiro atoms. The lowest BCUT2D eigenvalue weighted by Crippen LogP contribution is -2.35. The third kappa shape index (κ3) is 7.11. The summed E-state index contributed by atoms with van der Waals surface area (Å²) in [6.07, 6.45) is 5.10. The van der Waals surface area contributed by atoms with Crippen LogP contribution in [0.3, 0.4) is 0 Å². The topological polar surface area (TPSA) is 79.4 Å². The van der Waals surface area contributed by atoms with E-state index in [0.717, 1.165) is 17.4 Å². The van der Waals surface area contributed by atoms with E-state index in [1.807, 2.05) is 30.3 Å². The number of aromatic nitrogens is 1. The predicted molar refractivity (Wildman–Crippen MR) is 102 cm³/mol. The van der Waals surface area contributed by atoms with E-state index < -0.39 is 10.0 Å². The molecule has 0 saturated heterocycles. The first-order valence-electron chi connectivity index (χ1n) is 8.20. The lowest BCUT2D eigenvalue weighted by Gasteiger charge is -2.19. The first-order chi connectivity index (χ1) is 12.3. The summed E-state index contributed by atoms with van der Waals surface area (Å²) in [5.74, 6) is -0.196. The van der Waals surface area contributed by atoms with Crippen molar-refractivity contribution in [2.24, 2.45) is 0 Å². The maximum Gasteiger partial charge on any atom is 0.221 e. The minimum Gasteiger partial charge on any atom is -0.352 e. The van der Waals surface area contributed by atoms with Crippen LogP contribution in [0.4, 0.5) is 0 Å². The van der Waals surface area contributed by atoms with Crippen molar-refractivity contribution in [1.29, 1.82) is 0 Å². The summed E-state index contributed by atoms with van der Waals surface area (Å²) in [6, 6.07) is 10.9. The molecule has 140 valence electrons. The largest absolute Gasteiger partial charge is 0.352 e. The first kappa shape index (κ1) is 20.4. The number of nitrogens with zero attached hydrogens (tertiary/aromatic N) is 2. The zero-order valence-electron chi connectivity index (χ0n) is 14.6. The fourth-order valence-corrected chi connectivity index (χ4v) is 3.46. The fourth-order valence-electron chi connectivity index (χ4n) is 2.41. The quantitative estimate of drug-likeness (QED) is 0.706. The average molecular weight is 396 g/mol. The summed E-state index contributed by atoms with van der Waals surface area (Å²) in [4.78, 5) is 15.9.